The van der Waals surface area contributed by atoms with Crippen molar-refractivity contribution in [1.29, 1.82) is 0 Å². The van der Waals surface area contributed by atoms with Gasteiger partial charge in [0.2, 0.25) is 11.8 Å². The minimum Gasteiger partial charge on any atom is -0.356 e. The Morgan fingerprint density at radius 3 is 2.96 bits per heavy atom. The standard InChI is InChI=1S/C16H22N8O2/c1-22-14-13(20-21-22)15(19-10-18-14)24-8-11(9-24)16(26)17-5-3-7-23-6-2-4-12(23)25/h10-11H,2-9H2,1H3,(H,17,26). The van der Waals surface area contributed by atoms with E-state index in [0.29, 0.717) is 37.2 Å². The number of aromatic nitrogens is 5. The fourth-order valence-corrected chi connectivity index (χ4v) is 3.46. The summed E-state index contributed by atoms with van der Waals surface area (Å²) in [5.74, 6) is 0.953. The molecule has 4 heterocycles. The first-order chi connectivity index (χ1) is 12.6. The minimum absolute atomic E-state index is 0.0508. The van der Waals surface area contributed by atoms with Gasteiger partial charge in [0.05, 0.1) is 5.92 Å². The van der Waals surface area contributed by atoms with E-state index in [1.54, 1.807) is 11.7 Å². The number of anilines is 1. The Kier molecular flexibility index (Phi) is 4.39. The van der Waals surface area contributed by atoms with Crippen LogP contribution in [-0.2, 0) is 16.6 Å². The molecule has 2 aliphatic heterocycles. The number of hydrogen-bond acceptors (Lipinski definition) is 7. The Hall–Kier alpha value is -2.78. The molecule has 0 bridgehead atoms. The fourth-order valence-electron chi connectivity index (χ4n) is 3.46. The smallest absolute Gasteiger partial charge is 0.226 e. The van der Waals surface area contributed by atoms with Crippen LogP contribution in [0.25, 0.3) is 11.2 Å². The second kappa shape index (κ2) is 6.85. The first kappa shape index (κ1) is 16.7. The molecule has 0 aromatic carbocycles. The molecule has 10 nitrogen and oxygen atoms in total. The molecule has 4 rings (SSSR count). The van der Waals surface area contributed by atoms with Crippen molar-refractivity contribution in [3.63, 3.8) is 0 Å². The van der Waals surface area contributed by atoms with E-state index in [0.717, 1.165) is 31.7 Å². The first-order valence-corrected chi connectivity index (χ1v) is 8.94. The molecule has 0 unspecified atom stereocenters. The van der Waals surface area contributed by atoms with Crippen molar-refractivity contribution in [2.24, 2.45) is 13.0 Å². The number of nitrogens with one attached hydrogen (secondary N) is 1. The van der Waals surface area contributed by atoms with Crippen LogP contribution < -0.4 is 10.2 Å². The van der Waals surface area contributed by atoms with Crippen LogP contribution in [0.4, 0.5) is 5.82 Å². The van der Waals surface area contributed by atoms with Gasteiger partial charge in [-0.15, -0.1) is 5.10 Å². The number of aryl methyl sites for hydroxylation is 1. The van der Waals surface area contributed by atoms with Gasteiger partial charge in [-0.25, -0.2) is 14.6 Å². The zero-order valence-corrected chi connectivity index (χ0v) is 14.8. The zero-order valence-electron chi connectivity index (χ0n) is 14.8. The van der Waals surface area contributed by atoms with Crippen LogP contribution in [0.1, 0.15) is 19.3 Å². The Labute approximate surface area is 150 Å². The van der Waals surface area contributed by atoms with Gasteiger partial charge in [0.1, 0.15) is 6.33 Å². The van der Waals surface area contributed by atoms with Crippen molar-refractivity contribution in [3.8, 4) is 0 Å². The Morgan fingerprint density at radius 2 is 2.19 bits per heavy atom. The quantitative estimate of drug-likeness (QED) is 0.682. The molecule has 0 radical (unpaired) electrons. The van der Waals surface area contributed by atoms with E-state index in [9.17, 15) is 9.59 Å². The third-order valence-corrected chi connectivity index (χ3v) is 5.00. The summed E-state index contributed by atoms with van der Waals surface area (Å²) >= 11 is 0. The van der Waals surface area contributed by atoms with E-state index in [1.807, 2.05) is 9.80 Å². The van der Waals surface area contributed by atoms with E-state index < -0.39 is 0 Å². The van der Waals surface area contributed by atoms with Gasteiger partial charge >= 0.3 is 0 Å². The molecule has 2 saturated heterocycles. The normalized spacial score (nSPS) is 17.8. The summed E-state index contributed by atoms with van der Waals surface area (Å²) in [5, 5.41) is 11.0. The van der Waals surface area contributed by atoms with Gasteiger partial charge < -0.3 is 15.1 Å². The van der Waals surface area contributed by atoms with Crippen LogP contribution in [0.5, 0.6) is 0 Å². The lowest BCUT2D eigenvalue weighted by Gasteiger charge is -2.38. The molecule has 0 aliphatic carbocycles. The lowest BCUT2D eigenvalue weighted by Crippen LogP contribution is -2.54. The van der Waals surface area contributed by atoms with Gasteiger partial charge in [-0.3, -0.25) is 9.59 Å². The van der Waals surface area contributed by atoms with Crippen molar-refractivity contribution >= 4 is 28.8 Å². The fraction of sp³-hybridized carbons (Fsp3) is 0.625. The van der Waals surface area contributed by atoms with Gasteiger partial charge in [0, 0.05) is 46.2 Å². The van der Waals surface area contributed by atoms with Crippen LogP contribution >= 0.6 is 0 Å². The van der Waals surface area contributed by atoms with Gasteiger partial charge in [0.25, 0.3) is 0 Å². The van der Waals surface area contributed by atoms with Gasteiger partial charge in [-0.2, -0.15) is 0 Å². The van der Waals surface area contributed by atoms with Crippen molar-refractivity contribution in [1.82, 2.24) is 35.2 Å². The van der Waals surface area contributed by atoms with E-state index in [4.69, 9.17) is 0 Å². The Balaban J connectivity index is 1.24. The molecule has 2 aromatic rings. The predicted octanol–water partition coefficient (Wildman–Crippen LogP) is -0.677. The molecule has 0 saturated carbocycles. The highest BCUT2D eigenvalue weighted by atomic mass is 16.2. The molecule has 2 aromatic heterocycles. The summed E-state index contributed by atoms with van der Waals surface area (Å²) in [6, 6.07) is 0. The van der Waals surface area contributed by atoms with Crippen LogP contribution in [0.15, 0.2) is 6.33 Å². The zero-order chi connectivity index (χ0) is 18.1. The van der Waals surface area contributed by atoms with Crippen LogP contribution in [-0.4, -0.2) is 74.4 Å². The maximum Gasteiger partial charge on any atom is 0.226 e. The highest BCUT2D eigenvalue weighted by Gasteiger charge is 2.34. The largest absolute Gasteiger partial charge is 0.356 e. The van der Waals surface area contributed by atoms with E-state index in [-0.39, 0.29) is 17.7 Å². The number of likely N-dealkylation sites (tertiary alicyclic amines) is 1. The number of amides is 2. The van der Waals surface area contributed by atoms with Gasteiger partial charge in [0.15, 0.2) is 17.0 Å². The number of carbonyl (C=O) groups is 2. The number of carbonyl (C=O) groups excluding carboxylic acids is 2. The second-order valence-corrected chi connectivity index (χ2v) is 6.81. The third kappa shape index (κ3) is 3.06. The lowest BCUT2D eigenvalue weighted by molar-refractivity contribution is -0.127. The maximum absolute atomic E-state index is 12.2. The van der Waals surface area contributed by atoms with E-state index in [2.05, 4.69) is 25.6 Å². The summed E-state index contributed by atoms with van der Waals surface area (Å²) < 4.78 is 1.61. The van der Waals surface area contributed by atoms with E-state index >= 15 is 0 Å². The molecule has 2 aliphatic rings. The molecular formula is C16H22N8O2. The molecular weight excluding hydrogens is 336 g/mol. The summed E-state index contributed by atoms with van der Waals surface area (Å²) in [5.41, 5.74) is 1.34. The van der Waals surface area contributed by atoms with Crippen molar-refractivity contribution < 1.29 is 9.59 Å². The maximum atomic E-state index is 12.2. The summed E-state index contributed by atoms with van der Waals surface area (Å²) in [4.78, 5) is 36.2. The van der Waals surface area contributed by atoms with Crippen molar-refractivity contribution in [2.75, 3.05) is 37.6 Å². The van der Waals surface area contributed by atoms with Gasteiger partial charge in [-0.1, -0.05) is 5.21 Å². The topological polar surface area (TPSA) is 109 Å². The average molecular weight is 358 g/mol. The first-order valence-electron chi connectivity index (χ1n) is 8.94. The summed E-state index contributed by atoms with van der Waals surface area (Å²) in [6.07, 6.45) is 3.89. The minimum atomic E-state index is -0.0508. The molecule has 0 atom stereocenters. The summed E-state index contributed by atoms with van der Waals surface area (Å²) in [7, 11) is 1.79. The predicted molar refractivity (Wildman–Crippen MR) is 93.2 cm³/mol. The summed E-state index contributed by atoms with van der Waals surface area (Å²) in [6.45, 7) is 3.39. The molecule has 138 valence electrons. The number of hydrogen-bond donors (Lipinski definition) is 1. The highest BCUT2D eigenvalue weighted by Crippen LogP contribution is 2.27. The monoisotopic (exact) mass is 358 g/mol. The molecule has 2 amide bonds. The lowest BCUT2D eigenvalue weighted by atomic mass is 9.99. The number of nitrogens with zero attached hydrogens (tertiary/aromatic N) is 7. The Bertz CT molecular complexity index is 829. The molecule has 1 N–H and O–H groups in total. The van der Waals surface area contributed by atoms with Crippen molar-refractivity contribution in [3.05, 3.63) is 6.33 Å². The number of fused-ring (bicyclic) bond motifs is 1. The second-order valence-electron chi connectivity index (χ2n) is 6.81. The Morgan fingerprint density at radius 1 is 1.35 bits per heavy atom. The third-order valence-electron chi connectivity index (χ3n) is 5.00. The SMILES string of the molecule is Cn1nnc2c(N3CC(C(=O)NCCCN4CCCC4=O)C3)ncnc21. The molecule has 2 fully saturated rings. The van der Waals surface area contributed by atoms with Crippen LogP contribution in [0, 0.1) is 5.92 Å². The molecule has 0 spiro atoms. The van der Waals surface area contributed by atoms with Crippen LogP contribution in [0.3, 0.4) is 0 Å². The number of rotatable bonds is 6. The van der Waals surface area contributed by atoms with Crippen molar-refractivity contribution in [2.45, 2.75) is 19.3 Å². The average Bonchev–Trinajstić information content (AvgIpc) is 3.17. The molecule has 10 heteroatoms. The van der Waals surface area contributed by atoms with E-state index in [1.165, 1.54) is 6.33 Å². The van der Waals surface area contributed by atoms with Gasteiger partial charge in [-0.05, 0) is 12.8 Å². The highest BCUT2D eigenvalue weighted by molar-refractivity contribution is 5.86. The van der Waals surface area contributed by atoms with Crippen LogP contribution in [0.2, 0.25) is 0 Å². The molecule has 26 heavy (non-hydrogen) atoms.